The molecule has 2 saturated heterocycles. The van der Waals surface area contributed by atoms with Crippen LogP contribution in [0.5, 0.6) is 0 Å². The summed E-state index contributed by atoms with van der Waals surface area (Å²) in [4.78, 5) is 15.4. The van der Waals surface area contributed by atoms with Crippen LogP contribution >= 0.6 is 11.3 Å². The highest BCUT2D eigenvalue weighted by atomic mass is 32.1. The number of carbonyl (C=O) groups is 1. The van der Waals surface area contributed by atoms with E-state index < -0.39 is 0 Å². The summed E-state index contributed by atoms with van der Waals surface area (Å²) in [5.41, 5.74) is 0. The molecule has 0 aromatic carbocycles. The van der Waals surface area contributed by atoms with Gasteiger partial charge in [0.05, 0.1) is 25.0 Å². The third-order valence-electron chi connectivity index (χ3n) is 4.54. The van der Waals surface area contributed by atoms with Gasteiger partial charge < -0.3 is 14.1 Å². The van der Waals surface area contributed by atoms with Crippen LogP contribution in [0.15, 0.2) is 21.9 Å². The van der Waals surface area contributed by atoms with Crippen LogP contribution in [0.25, 0.3) is 0 Å². The quantitative estimate of drug-likeness (QED) is 0.854. The number of hydrogen-bond donors (Lipinski definition) is 0. The molecule has 4 heterocycles. The lowest BCUT2D eigenvalue weighted by Gasteiger charge is -2.18. The van der Waals surface area contributed by atoms with Crippen molar-refractivity contribution < 1.29 is 13.9 Å². The lowest BCUT2D eigenvalue weighted by atomic mass is 10.0. The summed E-state index contributed by atoms with van der Waals surface area (Å²) < 4.78 is 11.5. The van der Waals surface area contributed by atoms with E-state index in [4.69, 9.17) is 9.15 Å². The van der Waals surface area contributed by atoms with Crippen LogP contribution in [-0.4, -0.2) is 46.3 Å². The number of fused-ring (bicyclic) bond motifs is 1. The first kappa shape index (κ1) is 14.8. The minimum absolute atomic E-state index is 0.124. The Bertz CT molecular complexity index is 671. The van der Waals surface area contributed by atoms with Gasteiger partial charge in [-0.05, 0) is 17.9 Å². The van der Waals surface area contributed by atoms with E-state index in [0.717, 1.165) is 17.8 Å². The molecule has 6 nitrogen and oxygen atoms in total. The lowest BCUT2D eigenvalue weighted by molar-refractivity contribution is -0.130. The number of nitrogens with zero attached hydrogens (tertiary/aromatic N) is 3. The number of aromatic nitrogens is 2. The largest absolute Gasteiger partial charge is 0.426 e. The molecule has 0 saturated carbocycles. The Morgan fingerprint density at radius 1 is 1.43 bits per heavy atom. The highest BCUT2D eigenvalue weighted by Crippen LogP contribution is 2.34. The molecule has 0 bridgehead atoms. The molecule has 0 spiro atoms. The van der Waals surface area contributed by atoms with Crippen LogP contribution < -0.4 is 0 Å². The Morgan fingerprint density at radius 3 is 3.04 bits per heavy atom. The van der Waals surface area contributed by atoms with E-state index in [9.17, 15) is 4.79 Å². The molecule has 2 aliphatic rings. The maximum absolute atomic E-state index is 12.4. The van der Waals surface area contributed by atoms with Crippen molar-refractivity contribution in [1.29, 1.82) is 0 Å². The maximum atomic E-state index is 12.4. The van der Waals surface area contributed by atoms with Gasteiger partial charge in [0, 0.05) is 30.8 Å². The second kappa shape index (κ2) is 6.05. The highest BCUT2D eigenvalue weighted by molar-refractivity contribution is 7.10. The predicted molar refractivity (Wildman–Crippen MR) is 84.1 cm³/mol. The third-order valence-corrected chi connectivity index (χ3v) is 5.42. The first-order chi connectivity index (χ1) is 11.2. The lowest BCUT2D eigenvalue weighted by Crippen LogP contribution is -2.32. The molecular weight excluding hydrogens is 314 g/mol. The van der Waals surface area contributed by atoms with Crippen LogP contribution in [0.3, 0.4) is 0 Å². The van der Waals surface area contributed by atoms with Gasteiger partial charge in [-0.25, -0.2) is 0 Å². The topological polar surface area (TPSA) is 68.5 Å². The van der Waals surface area contributed by atoms with Crippen molar-refractivity contribution in [3.8, 4) is 0 Å². The van der Waals surface area contributed by atoms with Gasteiger partial charge >= 0.3 is 0 Å². The Kier molecular flexibility index (Phi) is 3.90. The molecular formula is C16H19N3O3S. The number of thiophene rings is 1. The molecule has 1 amide bonds. The normalized spacial score (nSPS) is 26.7. The first-order valence-corrected chi connectivity index (χ1v) is 8.80. The van der Waals surface area contributed by atoms with Gasteiger partial charge in [-0.1, -0.05) is 6.07 Å². The standard InChI is InChI=1S/C16H19N3O3S/c1-10-17-18-15(21-10)6-12-5-11-8-19(9-14(11)22-12)16(20)7-13-3-2-4-23-13/h2-4,11-12,14H,5-9H2,1H3/t11-,12+,14+/m0/s1. The second-order valence-corrected chi connectivity index (χ2v) is 7.30. The average Bonchev–Trinajstić information content (AvgIpc) is 3.23. The van der Waals surface area contributed by atoms with Gasteiger partial charge in [-0.15, -0.1) is 21.5 Å². The fourth-order valence-corrected chi connectivity index (χ4v) is 4.18. The van der Waals surface area contributed by atoms with E-state index >= 15 is 0 Å². The van der Waals surface area contributed by atoms with Crippen molar-refractivity contribution >= 4 is 17.2 Å². The molecule has 2 aromatic rings. The summed E-state index contributed by atoms with van der Waals surface area (Å²) in [5.74, 6) is 1.85. The van der Waals surface area contributed by atoms with E-state index in [1.165, 1.54) is 0 Å². The number of rotatable bonds is 4. The Morgan fingerprint density at radius 2 is 2.35 bits per heavy atom. The van der Waals surface area contributed by atoms with Crippen molar-refractivity contribution in [3.05, 3.63) is 34.2 Å². The van der Waals surface area contributed by atoms with Crippen molar-refractivity contribution in [2.24, 2.45) is 5.92 Å². The van der Waals surface area contributed by atoms with E-state index in [1.807, 2.05) is 22.4 Å². The average molecular weight is 333 g/mol. The fourth-order valence-electron chi connectivity index (χ4n) is 3.49. The van der Waals surface area contributed by atoms with Crippen molar-refractivity contribution in [2.75, 3.05) is 13.1 Å². The SMILES string of the molecule is Cc1nnc(C[C@H]2C[C@H]3CN(C(=O)Cc4cccs4)C[C@H]3O2)o1. The minimum atomic E-state index is 0.124. The number of aryl methyl sites for hydroxylation is 1. The van der Waals surface area contributed by atoms with Gasteiger partial charge in [-0.2, -0.15) is 0 Å². The molecule has 4 rings (SSSR count). The molecule has 2 aliphatic heterocycles. The van der Waals surface area contributed by atoms with Gasteiger partial charge in [0.25, 0.3) is 0 Å². The van der Waals surface area contributed by atoms with E-state index in [2.05, 4.69) is 10.2 Å². The molecule has 2 aromatic heterocycles. The summed E-state index contributed by atoms with van der Waals surface area (Å²) in [6.45, 7) is 3.29. The predicted octanol–water partition coefficient (Wildman–Crippen LogP) is 1.84. The number of ether oxygens (including phenoxy) is 1. The molecule has 0 radical (unpaired) electrons. The Labute approximate surface area is 138 Å². The second-order valence-electron chi connectivity index (χ2n) is 6.27. The number of hydrogen-bond acceptors (Lipinski definition) is 6. The molecule has 23 heavy (non-hydrogen) atoms. The van der Waals surface area contributed by atoms with Gasteiger partial charge in [0.2, 0.25) is 17.7 Å². The van der Waals surface area contributed by atoms with Gasteiger partial charge in [-0.3, -0.25) is 4.79 Å². The molecule has 0 N–H and O–H groups in total. The molecule has 0 aliphatic carbocycles. The van der Waals surface area contributed by atoms with Crippen LogP contribution in [-0.2, 0) is 22.4 Å². The molecule has 122 valence electrons. The molecule has 3 atom stereocenters. The smallest absolute Gasteiger partial charge is 0.227 e. The summed E-state index contributed by atoms with van der Waals surface area (Å²) in [5, 5.41) is 9.88. The highest BCUT2D eigenvalue weighted by Gasteiger charge is 2.43. The molecule has 0 unspecified atom stereocenters. The number of carbonyl (C=O) groups excluding carboxylic acids is 1. The van der Waals surface area contributed by atoms with Gasteiger partial charge in [0.15, 0.2) is 0 Å². The van der Waals surface area contributed by atoms with Crippen LogP contribution in [0, 0.1) is 12.8 Å². The summed E-state index contributed by atoms with van der Waals surface area (Å²) >= 11 is 1.63. The fraction of sp³-hybridized carbons (Fsp3) is 0.562. The first-order valence-electron chi connectivity index (χ1n) is 7.92. The van der Waals surface area contributed by atoms with Crippen molar-refractivity contribution in [1.82, 2.24) is 15.1 Å². The maximum Gasteiger partial charge on any atom is 0.227 e. The summed E-state index contributed by atoms with van der Waals surface area (Å²) in [6, 6.07) is 4.00. The monoisotopic (exact) mass is 333 g/mol. The Hall–Kier alpha value is -1.73. The van der Waals surface area contributed by atoms with Gasteiger partial charge in [0.1, 0.15) is 0 Å². The van der Waals surface area contributed by atoms with E-state index in [0.29, 0.717) is 37.1 Å². The summed E-state index contributed by atoms with van der Waals surface area (Å²) in [6.07, 6.45) is 2.39. The van der Waals surface area contributed by atoms with E-state index in [-0.39, 0.29) is 18.1 Å². The number of amides is 1. The zero-order valence-corrected chi connectivity index (χ0v) is 13.8. The van der Waals surface area contributed by atoms with Crippen LogP contribution in [0.1, 0.15) is 23.1 Å². The van der Waals surface area contributed by atoms with Crippen molar-refractivity contribution in [3.63, 3.8) is 0 Å². The molecule has 2 fully saturated rings. The van der Waals surface area contributed by atoms with Crippen LogP contribution in [0.2, 0.25) is 0 Å². The van der Waals surface area contributed by atoms with Crippen LogP contribution in [0.4, 0.5) is 0 Å². The number of likely N-dealkylation sites (tertiary alicyclic amines) is 1. The molecule has 7 heteroatoms. The Balaban J connectivity index is 1.30. The van der Waals surface area contributed by atoms with Crippen molar-refractivity contribution in [2.45, 2.75) is 38.4 Å². The zero-order chi connectivity index (χ0) is 15.8. The van der Waals surface area contributed by atoms with E-state index in [1.54, 1.807) is 18.3 Å². The zero-order valence-electron chi connectivity index (χ0n) is 13.0. The third kappa shape index (κ3) is 3.16. The minimum Gasteiger partial charge on any atom is -0.426 e. The summed E-state index contributed by atoms with van der Waals surface area (Å²) in [7, 11) is 0.